The first-order valence-corrected chi connectivity index (χ1v) is 9.62. The summed E-state index contributed by atoms with van der Waals surface area (Å²) < 4.78 is 2.74. The minimum absolute atomic E-state index is 0.0744. The lowest BCUT2D eigenvalue weighted by molar-refractivity contribution is -0.137. The fraction of sp³-hybridized carbons (Fsp3) is 0.444. The topological polar surface area (TPSA) is 41.4 Å². The van der Waals surface area contributed by atoms with Crippen molar-refractivity contribution in [2.75, 3.05) is 26.2 Å². The van der Waals surface area contributed by atoms with Crippen molar-refractivity contribution in [2.45, 2.75) is 20.0 Å². The van der Waals surface area contributed by atoms with Crippen molar-refractivity contribution in [2.24, 2.45) is 5.92 Å². The van der Waals surface area contributed by atoms with Crippen molar-refractivity contribution in [1.29, 1.82) is 0 Å². The average molecular weight is 426 g/mol. The highest BCUT2D eigenvalue weighted by molar-refractivity contribution is 9.10. The van der Waals surface area contributed by atoms with E-state index in [4.69, 9.17) is 11.6 Å². The molecule has 0 bridgehead atoms. The van der Waals surface area contributed by atoms with Crippen molar-refractivity contribution >= 4 is 33.4 Å². The summed E-state index contributed by atoms with van der Waals surface area (Å²) in [6.45, 7) is 6.82. The van der Waals surface area contributed by atoms with E-state index in [2.05, 4.69) is 38.1 Å². The third kappa shape index (κ3) is 5.06. The van der Waals surface area contributed by atoms with Gasteiger partial charge in [0, 0.05) is 43.9 Å². The van der Waals surface area contributed by atoms with Gasteiger partial charge in [0.2, 0.25) is 5.91 Å². The van der Waals surface area contributed by atoms with Crippen LogP contribution < -0.4 is 0 Å². The van der Waals surface area contributed by atoms with Crippen molar-refractivity contribution in [1.82, 2.24) is 19.6 Å². The number of halogens is 2. The molecule has 134 valence electrons. The zero-order chi connectivity index (χ0) is 17.8. The number of aromatic nitrogens is 2. The van der Waals surface area contributed by atoms with Crippen LogP contribution in [0.1, 0.15) is 12.5 Å². The van der Waals surface area contributed by atoms with Crippen LogP contribution in [0.2, 0.25) is 5.02 Å². The third-order valence-corrected chi connectivity index (χ3v) is 5.15. The summed E-state index contributed by atoms with van der Waals surface area (Å²) in [6, 6.07) is 7.96. The average Bonchev–Trinajstić information content (AvgIpc) is 3.02. The Morgan fingerprint density at radius 3 is 2.52 bits per heavy atom. The van der Waals surface area contributed by atoms with Crippen molar-refractivity contribution in [3.63, 3.8) is 0 Å². The predicted octanol–water partition coefficient (Wildman–Crippen LogP) is 3.28. The first kappa shape index (κ1) is 18.4. The second kappa shape index (κ2) is 8.34. The summed E-state index contributed by atoms with van der Waals surface area (Å²) in [5.41, 5.74) is 1.25. The summed E-state index contributed by atoms with van der Waals surface area (Å²) in [7, 11) is 0. The minimum atomic E-state index is -0.0744. The van der Waals surface area contributed by atoms with Crippen molar-refractivity contribution in [3.8, 4) is 0 Å². The molecule has 1 aliphatic heterocycles. The number of amides is 1. The summed E-state index contributed by atoms with van der Waals surface area (Å²) in [5, 5.41) is 4.99. The smallest absolute Gasteiger partial charge is 0.227 e. The molecule has 1 fully saturated rings. The number of piperazine rings is 1. The van der Waals surface area contributed by atoms with E-state index < -0.39 is 0 Å². The Labute approximate surface area is 161 Å². The highest BCUT2D eigenvalue weighted by Crippen LogP contribution is 2.15. The minimum Gasteiger partial charge on any atom is -0.340 e. The number of rotatable bonds is 5. The van der Waals surface area contributed by atoms with Gasteiger partial charge in [-0.2, -0.15) is 5.10 Å². The van der Waals surface area contributed by atoms with Crippen LogP contribution >= 0.6 is 27.5 Å². The van der Waals surface area contributed by atoms with E-state index >= 15 is 0 Å². The first-order valence-electron chi connectivity index (χ1n) is 8.45. The van der Waals surface area contributed by atoms with Crippen molar-refractivity contribution in [3.05, 3.63) is 51.7 Å². The zero-order valence-electron chi connectivity index (χ0n) is 14.2. The van der Waals surface area contributed by atoms with E-state index in [1.807, 2.05) is 34.8 Å². The molecule has 1 aromatic heterocycles. The fourth-order valence-corrected chi connectivity index (χ4v) is 3.54. The number of benzene rings is 1. The number of carbonyl (C=O) groups is 1. The first-order chi connectivity index (χ1) is 12.0. The lowest BCUT2D eigenvalue weighted by Crippen LogP contribution is -2.50. The van der Waals surface area contributed by atoms with Gasteiger partial charge in [-0.25, -0.2) is 0 Å². The van der Waals surface area contributed by atoms with E-state index in [-0.39, 0.29) is 11.8 Å². The van der Waals surface area contributed by atoms with Crippen molar-refractivity contribution < 1.29 is 4.79 Å². The molecule has 1 aliphatic rings. The highest BCUT2D eigenvalue weighted by atomic mass is 79.9. The quantitative estimate of drug-likeness (QED) is 0.738. The van der Waals surface area contributed by atoms with E-state index in [9.17, 15) is 4.79 Å². The summed E-state index contributed by atoms with van der Waals surface area (Å²) >= 11 is 9.31. The van der Waals surface area contributed by atoms with Crippen LogP contribution in [0.15, 0.2) is 41.1 Å². The highest BCUT2D eigenvalue weighted by Gasteiger charge is 2.25. The van der Waals surface area contributed by atoms with E-state index in [1.54, 1.807) is 6.20 Å². The molecule has 0 saturated carbocycles. The SMILES string of the molecule is CC(Cn1cc(Br)cn1)C(=O)N1CCN(Cc2ccc(Cl)cc2)CC1. The third-order valence-electron chi connectivity index (χ3n) is 4.49. The molecule has 25 heavy (non-hydrogen) atoms. The molecule has 1 atom stereocenters. The number of hydrogen-bond acceptors (Lipinski definition) is 3. The maximum atomic E-state index is 12.7. The largest absolute Gasteiger partial charge is 0.340 e. The van der Waals surface area contributed by atoms with Gasteiger partial charge in [0.05, 0.1) is 23.1 Å². The van der Waals surface area contributed by atoms with E-state index in [0.29, 0.717) is 6.54 Å². The van der Waals surface area contributed by atoms with Gasteiger partial charge in [0.15, 0.2) is 0 Å². The van der Waals surface area contributed by atoms with E-state index in [1.165, 1.54) is 5.56 Å². The fourth-order valence-electron chi connectivity index (χ4n) is 3.08. The Bertz CT molecular complexity index is 710. The normalized spacial score (nSPS) is 16.8. The van der Waals surface area contributed by atoms with Crippen LogP contribution in [0.25, 0.3) is 0 Å². The maximum Gasteiger partial charge on any atom is 0.227 e. The molecule has 0 aliphatic carbocycles. The van der Waals surface area contributed by atoms with Crippen LogP contribution in [0.5, 0.6) is 0 Å². The molecule has 2 heterocycles. The van der Waals surface area contributed by atoms with Gasteiger partial charge in [-0.05, 0) is 33.6 Å². The molecule has 1 saturated heterocycles. The molecular weight excluding hydrogens is 404 g/mol. The van der Waals surface area contributed by atoms with E-state index in [0.717, 1.165) is 42.2 Å². The lowest BCUT2D eigenvalue weighted by Gasteiger charge is -2.36. The molecule has 1 aromatic carbocycles. The van der Waals surface area contributed by atoms with Gasteiger partial charge in [0.25, 0.3) is 0 Å². The van der Waals surface area contributed by atoms with Crippen LogP contribution in [-0.2, 0) is 17.9 Å². The second-order valence-electron chi connectivity index (χ2n) is 6.51. The second-order valence-corrected chi connectivity index (χ2v) is 7.86. The molecule has 0 N–H and O–H groups in total. The molecule has 3 rings (SSSR count). The molecule has 0 spiro atoms. The molecule has 0 radical (unpaired) electrons. The van der Waals surface area contributed by atoms with Gasteiger partial charge in [-0.15, -0.1) is 0 Å². The Morgan fingerprint density at radius 2 is 1.92 bits per heavy atom. The van der Waals surface area contributed by atoms with Gasteiger partial charge in [0.1, 0.15) is 0 Å². The van der Waals surface area contributed by atoms with Gasteiger partial charge in [-0.1, -0.05) is 30.7 Å². The number of nitrogens with zero attached hydrogens (tertiary/aromatic N) is 4. The summed E-state index contributed by atoms with van der Waals surface area (Å²) in [4.78, 5) is 17.0. The molecule has 7 heteroatoms. The lowest BCUT2D eigenvalue weighted by atomic mass is 10.1. The molecular formula is C18H22BrClN4O. The Balaban J connectivity index is 1.47. The van der Waals surface area contributed by atoms with Gasteiger partial charge in [-0.3, -0.25) is 14.4 Å². The Kier molecular flexibility index (Phi) is 6.15. The Morgan fingerprint density at radius 1 is 1.24 bits per heavy atom. The summed E-state index contributed by atoms with van der Waals surface area (Å²) in [5.74, 6) is 0.132. The van der Waals surface area contributed by atoms with Gasteiger partial charge < -0.3 is 4.90 Å². The zero-order valence-corrected chi connectivity index (χ0v) is 16.6. The van der Waals surface area contributed by atoms with Crippen LogP contribution in [0.3, 0.4) is 0 Å². The van der Waals surface area contributed by atoms with Crippen LogP contribution in [0.4, 0.5) is 0 Å². The monoisotopic (exact) mass is 424 g/mol. The number of hydrogen-bond donors (Lipinski definition) is 0. The molecule has 2 aromatic rings. The van der Waals surface area contributed by atoms with Crippen LogP contribution in [-0.4, -0.2) is 51.7 Å². The van der Waals surface area contributed by atoms with Crippen LogP contribution in [0, 0.1) is 5.92 Å². The maximum absolute atomic E-state index is 12.7. The predicted molar refractivity (Wildman–Crippen MR) is 102 cm³/mol. The molecule has 1 amide bonds. The molecule has 1 unspecified atom stereocenters. The summed E-state index contributed by atoms with van der Waals surface area (Å²) in [6.07, 6.45) is 3.64. The molecule has 5 nitrogen and oxygen atoms in total. The van der Waals surface area contributed by atoms with Gasteiger partial charge >= 0.3 is 0 Å². The number of carbonyl (C=O) groups excluding carboxylic acids is 1. The standard InChI is InChI=1S/C18H22BrClN4O/c1-14(11-24-13-16(19)10-21-24)18(25)23-8-6-22(7-9-23)12-15-2-4-17(20)5-3-15/h2-5,10,13-14H,6-9,11-12H2,1H3. The Hall–Kier alpha value is -1.37.